The molecule has 35 heavy (non-hydrogen) atoms. The molecule has 0 aromatic carbocycles. The van der Waals surface area contributed by atoms with E-state index in [1.807, 2.05) is 0 Å². The zero-order valence-electron chi connectivity index (χ0n) is 19.0. The van der Waals surface area contributed by atoms with Gasteiger partial charge in [-0.1, -0.05) is 6.08 Å². The van der Waals surface area contributed by atoms with Gasteiger partial charge in [0.2, 0.25) is 0 Å². The third kappa shape index (κ3) is 6.61. The fraction of sp³-hybridized carbons (Fsp3) is 0.857. The molecule has 2 aliphatic rings. The lowest BCUT2D eigenvalue weighted by Crippen LogP contribution is -2.61. The maximum atomic E-state index is 12.4. The van der Waals surface area contributed by atoms with E-state index < -0.39 is 112 Å². The largest absolute Gasteiger partial charge is 0.396 e. The summed E-state index contributed by atoms with van der Waals surface area (Å²) < 4.78 is 5.49. The number of Topliss-reactive ketones (excluding diaryl/α,β-unsaturated/α-hetero) is 1. The van der Waals surface area contributed by atoms with Crippen molar-refractivity contribution in [2.75, 3.05) is 33.0 Å². The first-order valence-corrected chi connectivity index (χ1v) is 11.3. The average Bonchev–Trinajstić information content (AvgIpc) is 2.86. The number of hydrogen-bond acceptors (Lipinski definition) is 14. The van der Waals surface area contributed by atoms with Gasteiger partial charge in [0.15, 0.2) is 5.78 Å². The number of aliphatic hydroxyl groups is 11. The Kier molecular flexibility index (Phi) is 11.6. The third-order valence-corrected chi connectivity index (χ3v) is 6.80. The van der Waals surface area contributed by atoms with E-state index >= 15 is 0 Å². The Labute approximate surface area is 201 Å². The molecule has 0 saturated carbocycles. The van der Waals surface area contributed by atoms with Crippen LogP contribution in [0.1, 0.15) is 6.42 Å². The van der Waals surface area contributed by atoms with Crippen molar-refractivity contribution >= 4 is 5.78 Å². The van der Waals surface area contributed by atoms with E-state index in [0.29, 0.717) is 0 Å². The Balaban J connectivity index is 2.31. The lowest BCUT2D eigenvalue weighted by Gasteiger charge is -2.45. The first-order valence-electron chi connectivity index (χ1n) is 11.3. The fourth-order valence-electron chi connectivity index (χ4n) is 4.68. The van der Waals surface area contributed by atoms with Gasteiger partial charge in [0, 0.05) is 17.9 Å². The standard InChI is InChI=1S/C21H37NO13/c23-3-8-1-11(22-16(12(28)5-25)18(31)13(29)6-26)10(4-24)17(30)9(8)2-14-19(32)21(34)20(33)15(7-27)35-14/h1,9-17,19-30,32-34H,2-7H2/t9?,10-,11?,12+,13?,14?,15+,16?,17?,19?,20?,21+/m0/s1. The van der Waals surface area contributed by atoms with Crippen LogP contribution in [0.2, 0.25) is 0 Å². The normalized spacial score (nSPS) is 38.5. The smallest absolute Gasteiger partial charge is 0.183 e. The van der Waals surface area contributed by atoms with E-state index in [1.165, 1.54) is 6.08 Å². The number of carbonyl (C=O) groups is 1. The predicted octanol–water partition coefficient (Wildman–Crippen LogP) is -6.66. The third-order valence-electron chi connectivity index (χ3n) is 6.80. The molecule has 2 rings (SSSR count). The molecule has 12 N–H and O–H groups in total. The molecular weight excluding hydrogens is 474 g/mol. The number of hydrogen-bond donors (Lipinski definition) is 12. The van der Waals surface area contributed by atoms with Crippen LogP contribution in [0, 0.1) is 11.8 Å². The Morgan fingerprint density at radius 2 is 1.51 bits per heavy atom. The zero-order valence-corrected chi connectivity index (χ0v) is 19.0. The van der Waals surface area contributed by atoms with E-state index in [9.17, 15) is 55.9 Å². The highest BCUT2D eigenvalue weighted by atomic mass is 16.5. The summed E-state index contributed by atoms with van der Waals surface area (Å²) in [5, 5.41) is 111. The van der Waals surface area contributed by atoms with Gasteiger partial charge in [0.25, 0.3) is 0 Å². The molecular formula is C21H37NO13. The van der Waals surface area contributed by atoms with Gasteiger partial charge in [0.1, 0.15) is 30.5 Å². The van der Waals surface area contributed by atoms with E-state index in [-0.39, 0.29) is 12.0 Å². The van der Waals surface area contributed by atoms with Gasteiger partial charge < -0.3 is 60.9 Å². The second kappa shape index (κ2) is 13.4. The molecule has 0 spiro atoms. The monoisotopic (exact) mass is 511 g/mol. The molecule has 14 heteroatoms. The van der Waals surface area contributed by atoms with Gasteiger partial charge in [0.05, 0.1) is 57.4 Å². The van der Waals surface area contributed by atoms with Crippen molar-refractivity contribution in [3.05, 3.63) is 11.6 Å². The number of ketones is 1. The minimum atomic E-state index is -1.87. The van der Waals surface area contributed by atoms with E-state index in [1.54, 1.807) is 0 Å². The van der Waals surface area contributed by atoms with E-state index in [4.69, 9.17) is 9.84 Å². The summed E-state index contributed by atoms with van der Waals surface area (Å²) in [7, 11) is 0. The van der Waals surface area contributed by atoms with E-state index in [2.05, 4.69) is 5.32 Å². The van der Waals surface area contributed by atoms with Gasteiger partial charge in [-0.25, -0.2) is 0 Å². The minimum absolute atomic E-state index is 0.178. The first kappa shape index (κ1) is 30.1. The molecule has 0 aromatic heterocycles. The second-order valence-corrected chi connectivity index (χ2v) is 8.97. The summed E-state index contributed by atoms with van der Waals surface area (Å²) in [6.45, 7) is -3.71. The molecule has 0 aromatic rings. The first-order chi connectivity index (χ1) is 16.6. The maximum absolute atomic E-state index is 12.4. The summed E-state index contributed by atoms with van der Waals surface area (Å²) in [5.74, 6) is -2.99. The highest BCUT2D eigenvalue weighted by Gasteiger charge is 2.47. The van der Waals surface area contributed by atoms with Crippen molar-refractivity contribution in [1.29, 1.82) is 0 Å². The van der Waals surface area contributed by atoms with Crippen LogP contribution in [0.25, 0.3) is 0 Å². The van der Waals surface area contributed by atoms with Crippen molar-refractivity contribution in [3.8, 4) is 0 Å². The summed E-state index contributed by atoms with van der Waals surface area (Å²) in [4.78, 5) is 12.4. The quantitative estimate of drug-likeness (QED) is 0.109. The lowest BCUT2D eigenvalue weighted by molar-refractivity contribution is -0.234. The molecule has 14 nitrogen and oxygen atoms in total. The van der Waals surface area contributed by atoms with Crippen molar-refractivity contribution in [2.24, 2.45) is 11.8 Å². The topological polar surface area (TPSA) is 261 Å². The van der Waals surface area contributed by atoms with Crippen LogP contribution < -0.4 is 5.32 Å². The summed E-state index contributed by atoms with van der Waals surface area (Å²) in [6, 6.07) is -2.63. The Morgan fingerprint density at radius 1 is 0.886 bits per heavy atom. The Bertz CT molecular complexity index is 707. The highest BCUT2D eigenvalue weighted by Crippen LogP contribution is 2.36. The molecule has 8 unspecified atom stereocenters. The maximum Gasteiger partial charge on any atom is 0.183 e. The molecule has 1 fully saturated rings. The van der Waals surface area contributed by atoms with Crippen LogP contribution in [-0.4, -0.2) is 156 Å². The number of aliphatic hydroxyl groups excluding tert-OH is 11. The van der Waals surface area contributed by atoms with Crippen molar-refractivity contribution in [2.45, 2.75) is 67.3 Å². The molecule has 0 bridgehead atoms. The molecule has 1 aliphatic heterocycles. The van der Waals surface area contributed by atoms with Crippen LogP contribution in [0.15, 0.2) is 11.6 Å². The molecule has 1 aliphatic carbocycles. The molecule has 0 radical (unpaired) electrons. The second-order valence-electron chi connectivity index (χ2n) is 8.97. The Morgan fingerprint density at radius 3 is 2.03 bits per heavy atom. The molecule has 12 atom stereocenters. The summed E-state index contributed by atoms with van der Waals surface area (Å²) in [6.07, 6.45) is -10.9. The van der Waals surface area contributed by atoms with Crippen LogP contribution in [0.3, 0.4) is 0 Å². The van der Waals surface area contributed by atoms with Gasteiger partial charge in [-0.15, -0.1) is 0 Å². The lowest BCUT2D eigenvalue weighted by atomic mass is 9.72. The molecule has 204 valence electrons. The Hall–Kier alpha value is -1.11. The van der Waals surface area contributed by atoms with Crippen molar-refractivity contribution in [3.63, 3.8) is 0 Å². The number of carbonyl (C=O) groups excluding carboxylic acids is 1. The number of rotatable bonds is 12. The van der Waals surface area contributed by atoms with Gasteiger partial charge in [-0.3, -0.25) is 10.1 Å². The zero-order chi connectivity index (χ0) is 26.4. The van der Waals surface area contributed by atoms with Gasteiger partial charge >= 0.3 is 0 Å². The fourth-order valence-corrected chi connectivity index (χ4v) is 4.68. The molecule has 1 heterocycles. The minimum Gasteiger partial charge on any atom is -0.396 e. The van der Waals surface area contributed by atoms with E-state index in [0.717, 1.165) is 0 Å². The molecule has 0 amide bonds. The van der Waals surface area contributed by atoms with Crippen LogP contribution in [-0.2, 0) is 9.53 Å². The summed E-state index contributed by atoms with van der Waals surface area (Å²) >= 11 is 0. The van der Waals surface area contributed by atoms with Crippen molar-refractivity contribution in [1.82, 2.24) is 5.32 Å². The number of ether oxygens (including phenoxy) is 1. The van der Waals surface area contributed by atoms with Crippen molar-refractivity contribution < 1.29 is 65.7 Å². The summed E-state index contributed by atoms with van der Waals surface area (Å²) in [5.41, 5.74) is 0.198. The van der Waals surface area contributed by atoms with Crippen LogP contribution in [0.5, 0.6) is 0 Å². The highest BCUT2D eigenvalue weighted by molar-refractivity contribution is 5.88. The molecule has 1 saturated heterocycles. The number of nitrogens with one attached hydrogen (secondary N) is 1. The predicted molar refractivity (Wildman–Crippen MR) is 116 cm³/mol. The van der Waals surface area contributed by atoms with Gasteiger partial charge in [-0.2, -0.15) is 0 Å². The van der Waals surface area contributed by atoms with Gasteiger partial charge in [-0.05, 0) is 12.0 Å². The van der Waals surface area contributed by atoms with Crippen LogP contribution in [0.4, 0.5) is 0 Å². The van der Waals surface area contributed by atoms with Crippen LogP contribution >= 0.6 is 0 Å². The SMILES string of the molecule is O=C(C(O)CO)C(NC1C=C(CO)C(CC2O[C@H](CO)C(O)[C@H](O)C2O)C(O)[C@H]1CO)[C@H](O)CO. The average molecular weight is 512 g/mol.